The van der Waals surface area contributed by atoms with E-state index in [0.29, 0.717) is 0 Å². The third-order valence-corrected chi connectivity index (χ3v) is 5.27. The zero-order valence-corrected chi connectivity index (χ0v) is 24.4. The van der Waals surface area contributed by atoms with E-state index in [2.05, 4.69) is 12.2 Å². The van der Waals surface area contributed by atoms with Crippen LogP contribution in [0.15, 0.2) is 0 Å². The Hall–Kier alpha value is 0.410. The molecule has 2 N–H and O–H groups in total. The van der Waals surface area contributed by atoms with Gasteiger partial charge in [0.2, 0.25) is 5.91 Å². The van der Waals surface area contributed by atoms with Gasteiger partial charge in [0.25, 0.3) is 0 Å². The van der Waals surface area contributed by atoms with Gasteiger partial charge < -0.3 is 21.8 Å². The molecule has 0 rings (SSSR count). The predicted molar refractivity (Wildman–Crippen MR) is 114 cm³/mol. The van der Waals surface area contributed by atoms with Gasteiger partial charge in [-0.3, -0.25) is 9.59 Å². The summed E-state index contributed by atoms with van der Waals surface area (Å²) in [6.07, 6.45) is 18.5. The van der Waals surface area contributed by atoms with Crippen molar-refractivity contribution in [1.29, 1.82) is 0 Å². The normalized spacial score (nSPS) is 11.1. The molecule has 1 atom stereocenters. The monoisotopic (exact) mass is 459 g/mol. The first-order valence-corrected chi connectivity index (χ1v) is 11.7. The number of rotatable bonds is 21. The largest absolute Gasteiger partial charge is 1.00 e. The van der Waals surface area contributed by atoms with Crippen molar-refractivity contribution in [1.82, 2.24) is 5.32 Å². The fraction of sp³-hybridized carbons (Fsp3) is 0.870. The van der Waals surface area contributed by atoms with Crippen LogP contribution in [0.3, 0.4) is 0 Å². The molecule has 0 radical (unpaired) electrons. The molecule has 172 valence electrons. The van der Waals surface area contributed by atoms with Crippen LogP contribution in [0.25, 0.3) is 0 Å². The number of carboxylic acids is 2. The van der Waals surface area contributed by atoms with Gasteiger partial charge in [0, 0.05) is 12.8 Å². The van der Waals surface area contributed by atoms with E-state index >= 15 is 0 Å². The van der Waals surface area contributed by atoms with Crippen LogP contribution in [0.1, 0.15) is 124 Å². The molecule has 6 nitrogen and oxygen atoms in total. The van der Waals surface area contributed by atoms with Gasteiger partial charge in [-0.15, -0.1) is 0 Å². The molecule has 31 heavy (non-hydrogen) atoms. The van der Waals surface area contributed by atoms with Gasteiger partial charge >= 0.3 is 65.1 Å². The number of carbonyl (C=O) groups is 3. The molecule has 1 amide bonds. The van der Waals surface area contributed by atoms with Crippen molar-refractivity contribution in [3.05, 3.63) is 0 Å². The average molecular weight is 460 g/mol. The molecule has 0 aromatic rings. The van der Waals surface area contributed by atoms with Crippen LogP contribution in [0.2, 0.25) is 0 Å². The quantitative estimate of drug-likeness (QED) is 0.160. The second kappa shape index (κ2) is 26.7. The summed E-state index contributed by atoms with van der Waals surface area (Å²) < 4.78 is 0. The molecule has 0 bridgehead atoms. The first-order chi connectivity index (χ1) is 14.0. The molecule has 0 fully saturated rings. The predicted octanol–water partition coefficient (Wildman–Crippen LogP) is -1.53. The zero-order valence-electron chi connectivity index (χ0n) is 21.4. The molecule has 8 heteroatoms. The topological polar surface area (TPSA) is 107 Å². The van der Waals surface area contributed by atoms with Crippen molar-refractivity contribution in [2.75, 3.05) is 0 Å². The van der Waals surface area contributed by atoms with E-state index < -0.39 is 18.0 Å². The molecule has 0 aromatic carbocycles. The van der Waals surface area contributed by atoms with Crippen molar-refractivity contribution in [3.63, 3.8) is 0 Å². The molecule has 0 heterocycles. The van der Waals surface area contributed by atoms with Crippen LogP contribution < -0.4 is 69.5 Å². The minimum Gasteiger partial charge on any atom is -1.00 e. The number of aliphatic carboxylic acids is 2. The van der Waals surface area contributed by atoms with Gasteiger partial charge in [0.1, 0.15) is 0 Å². The standard InChI is InChI=1S/C23H43NO5.2Na.H/c1-2-3-4-5-6-7-8-9-10-11-12-13-14-15-16-17-21(25)24-20(23(28)29)18-19-22(26)27;;;/h20H,2-19H2,1H3,(H,24,25)(H,26,27)(H,28,29);;;/q;2*+1;-1/p-1/t20-;;;/m0.../s1. The maximum Gasteiger partial charge on any atom is 1.00 e. The fourth-order valence-electron chi connectivity index (χ4n) is 3.44. The van der Waals surface area contributed by atoms with E-state index in [-0.39, 0.29) is 85.7 Å². The summed E-state index contributed by atoms with van der Waals surface area (Å²) in [6.45, 7) is 2.25. The van der Waals surface area contributed by atoms with Crippen molar-refractivity contribution >= 4 is 17.8 Å². The Bertz CT molecular complexity index is 456. The minimum atomic E-state index is -1.43. The SMILES string of the molecule is CCCCCCCCCCCCCCCCCC(=O)N[C@@H](CCC(=O)O)C(=O)[O-].[H-].[Na+].[Na+]. The summed E-state index contributed by atoms with van der Waals surface area (Å²) in [7, 11) is 0. The van der Waals surface area contributed by atoms with E-state index in [1.807, 2.05) is 0 Å². The van der Waals surface area contributed by atoms with Crippen LogP contribution in [0, 0.1) is 0 Å². The number of carbonyl (C=O) groups excluding carboxylic acids is 2. The molecule has 0 aliphatic carbocycles. The van der Waals surface area contributed by atoms with Gasteiger partial charge in [-0.05, 0) is 12.8 Å². The maximum atomic E-state index is 11.8. The summed E-state index contributed by atoms with van der Waals surface area (Å²) in [5.74, 6) is -2.87. The Balaban J connectivity index is -0.00000131. The van der Waals surface area contributed by atoms with Gasteiger partial charge in [-0.25, -0.2) is 0 Å². The maximum absolute atomic E-state index is 11.8. The summed E-state index contributed by atoms with van der Waals surface area (Å²) in [5.41, 5.74) is 0. The molecule has 0 spiro atoms. The van der Waals surface area contributed by atoms with E-state index in [0.717, 1.165) is 19.3 Å². The van der Waals surface area contributed by atoms with Crippen LogP contribution >= 0.6 is 0 Å². The number of carboxylic acid groups (broad SMARTS) is 2. The third kappa shape index (κ3) is 26.5. The second-order valence-corrected chi connectivity index (χ2v) is 8.07. The Morgan fingerprint density at radius 2 is 1.13 bits per heavy atom. The first-order valence-electron chi connectivity index (χ1n) is 11.7. The van der Waals surface area contributed by atoms with E-state index in [1.54, 1.807) is 0 Å². The average Bonchev–Trinajstić information content (AvgIpc) is 2.67. The Labute approximate surface area is 235 Å². The Morgan fingerprint density at radius 3 is 1.48 bits per heavy atom. The van der Waals surface area contributed by atoms with Crippen molar-refractivity contribution < 1.29 is 85.1 Å². The molecule has 0 saturated carbocycles. The van der Waals surface area contributed by atoms with Crippen molar-refractivity contribution in [2.24, 2.45) is 0 Å². The van der Waals surface area contributed by atoms with Gasteiger partial charge in [-0.2, -0.15) is 0 Å². The van der Waals surface area contributed by atoms with E-state index in [9.17, 15) is 19.5 Å². The van der Waals surface area contributed by atoms with Gasteiger partial charge in [-0.1, -0.05) is 96.8 Å². The summed E-state index contributed by atoms with van der Waals surface area (Å²) >= 11 is 0. The number of amides is 1. The van der Waals surface area contributed by atoms with Crippen molar-refractivity contribution in [2.45, 2.75) is 129 Å². The Morgan fingerprint density at radius 1 is 0.742 bits per heavy atom. The van der Waals surface area contributed by atoms with Crippen LogP contribution in [0.5, 0.6) is 0 Å². The minimum absolute atomic E-state index is 0. The summed E-state index contributed by atoms with van der Waals surface area (Å²) in [6, 6.07) is -1.23. The zero-order chi connectivity index (χ0) is 21.7. The molecule has 0 saturated heterocycles. The van der Waals surface area contributed by atoms with Crippen LogP contribution in [-0.4, -0.2) is 29.0 Å². The second-order valence-electron chi connectivity index (χ2n) is 8.07. The fourth-order valence-corrected chi connectivity index (χ4v) is 3.44. The number of unbranched alkanes of at least 4 members (excludes halogenated alkanes) is 14. The number of hydrogen-bond acceptors (Lipinski definition) is 4. The Kier molecular flexibility index (Phi) is 31.0. The first kappa shape index (κ1) is 36.0. The van der Waals surface area contributed by atoms with Crippen LogP contribution in [-0.2, 0) is 14.4 Å². The molecule has 0 aliphatic heterocycles. The van der Waals surface area contributed by atoms with Gasteiger partial charge in [0.05, 0.1) is 12.0 Å². The molecule has 0 aliphatic rings. The number of nitrogens with one attached hydrogen (secondary N) is 1. The summed E-state index contributed by atoms with van der Waals surface area (Å²) in [4.78, 5) is 33.2. The summed E-state index contributed by atoms with van der Waals surface area (Å²) in [5, 5.41) is 21.9. The van der Waals surface area contributed by atoms with E-state index in [4.69, 9.17) is 5.11 Å². The van der Waals surface area contributed by atoms with Gasteiger partial charge in [0.15, 0.2) is 0 Å². The molecule has 0 unspecified atom stereocenters. The molecular weight excluding hydrogens is 416 g/mol. The van der Waals surface area contributed by atoms with Crippen LogP contribution in [0.4, 0.5) is 0 Å². The van der Waals surface area contributed by atoms with E-state index in [1.165, 1.54) is 77.0 Å². The molecule has 0 aromatic heterocycles. The third-order valence-electron chi connectivity index (χ3n) is 5.27. The molecular formula is C23H43NNa2O5. The smallest absolute Gasteiger partial charge is 1.00 e. The number of hydrogen-bond donors (Lipinski definition) is 2. The van der Waals surface area contributed by atoms with Crippen molar-refractivity contribution in [3.8, 4) is 0 Å².